The molecule has 2 aromatic rings. The van der Waals surface area contributed by atoms with E-state index in [0.29, 0.717) is 6.61 Å². The Morgan fingerprint density at radius 1 is 0.917 bits per heavy atom. The highest BCUT2D eigenvalue weighted by Crippen LogP contribution is 2.28. The average molecular weight is 322 g/mol. The third-order valence-corrected chi connectivity index (χ3v) is 4.94. The van der Waals surface area contributed by atoms with Gasteiger partial charge in [-0.15, -0.1) is 0 Å². The lowest BCUT2D eigenvalue weighted by Gasteiger charge is -2.38. The van der Waals surface area contributed by atoms with Gasteiger partial charge in [0.15, 0.2) is 0 Å². The van der Waals surface area contributed by atoms with Gasteiger partial charge in [-0.1, -0.05) is 36.4 Å². The third kappa shape index (κ3) is 2.96. The molecular weight excluding hydrogens is 300 g/mol. The first kappa shape index (κ1) is 15.1. The Hall–Kier alpha value is -2.49. The van der Waals surface area contributed by atoms with Crippen LogP contribution in [0.25, 0.3) is 0 Å². The smallest absolute Gasteiger partial charge is 0.229 e. The van der Waals surface area contributed by atoms with E-state index in [9.17, 15) is 4.79 Å². The number of para-hydroxylation sites is 2. The lowest BCUT2D eigenvalue weighted by atomic mass is 9.95. The number of amides is 1. The van der Waals surface area contributed by atoms with E-state index in [2.05, 4.69) is 35.2 Å². The van der Waals surface area contributed by atoms with Crippen LogP contribution in [0.1, 0.15) is 5.56 Å². The summed E-state index contributed by atoms with van der Waals surface area (Å²) in [6, 6.07) is 18.4. The maximum Gasteiger partial charge on any atom is 0.229 e. The highest BCUT2D eigenvalue weighted by atomic mass is 16.5. The average Bonchev–Trinajstić information content (AvgIpc) is 2.68. The number of hydrogen-bond acceptors (Lipinski definition) is 3. The number of fused-ring (bicyclic) bond motifs is 1. The van der Waals surface area contributed by atoms with Crippen LogP contribution in [-0.4, -0.2) is 43.6 Å². The molecule has 0 spiro atoms. The van der Waals surface area contributed by atoms with Crippen LogP contribution in [0.2, 0.25) is 0 Å². The second kappa shape index (κ2) is 6.56. The Labute approximate surface area is 142 Å². The summed E-state index contributed by atoms with van der Waals surface area (Å²) in [7, 11) is 0. The number of benzene rings is 2. The van der Waals surface area contributed by atoms with Gasteiger partial charge in [-0.05, 0) is 30.2 Å². The molecule has 2 aliphatic rings. The van der Waals surface area contributed by atoms with Crippen LogP contribution >= 0.6 is 0 Å². The Morgan fingerprint density at radius 2 is 1.62 bits per heavy atom. The van der Waals surface area contributed by atoms with Crippen molar-refractivity contribution in [3.63, 3.8) is 0 Å². The normalized spacial score (nSPS) is 20.2. The van der Waals surface area contributed by atoms with Gasteiger partial charge in [0.25, 0.3) is 0 Å². The Balaban J connectivity index is 1.37. The monoisotopic (exact) mass is 322 g/mol. The molecule has 0 radical (unpaired) electrons. The van der Waals surface area contributed by atoms with Crippen LogP contribution in [0, 0.1) is 5.92 Å². The summed E-state index contributed by atoms with van der Waals surface area (Å²) in [5.41, 5.74) is 2.38. The molecule has 1 unspecified atom stereocenters. The predicted octanol–water partition coefficient (Wildman–Crippen LogP) is 2.59. The summed E-state index contributed by atoms with van der Waals surface area (Å²) in [5, 5.41) is 0. The molecule has 0 aliphatic carbocycles. The van der Waals surface area contributed by atoms with Crippen LogP contribution in [0.5, 0.6) is 5.75 Å². The Kier molecular flexibility index (Phi) is 4.11. The van der Waals surface area contributed by atoms with E-state index < -0.39 is 0 Å². The second-order valence-corrected chi connectivity index (χ2v) is 6.47. The molecule has 0 saturated carbocycles. The van der Waals surface area contributed by atoms with Crippen molar-refractivity contribution in [2.24, 2.45) is 5.92 Å². The summed E-state index contributed by atoms with van der Waals surface area (Å²) in [5.74, 6) is 1.11. The fourth-order valence-corrected chi connectivity index (χ4v) is 3.57. The van der Waals surface area contributed by atoms with Gasteiger partial charge in [0.1, 0.15) is 12.4 Å². The predicted molar refractivity (Wildman–Crippen MR) is 94.4 cm³/mol. The van der Waals surface area contributed by atoms with E-state index in [1.54, 1.807) is 0 Å². The topological polar surface area (TPSA) is 32.8 Å². The van der Waals surface area contributed by atoms with Crippen LogP contribution < -0.4 is 9.64 Å². The minimum absolute atomic E-state index is 0.0526. The van der Waals surface area contributed by atoms with E-state index in [1.165, 1.54) is 5.69 Å². The van der Waals surface area contributed by atoms with Gasteiger partial charge in [-0.25, -0.2) is 0 Å². The van der Waals surface area contributed by atoms with Gasteiger partial charge in [-0.2, -0.15) is 0 Å². The number of ether oxygens (including phenoxy) is 1. The van der Waals surface area contributed by atoms with Crippen LogP contribution in [-0.2, 0) is 11.2 Å². The molecule has 1 amide bonds. The van der Waals surface area contributed by atoms with Gasteiger partial charge in [0, 0.05) is 31.9 Å². The zero-order chi connectivity index (χ0) is 16.4. The van der Waals surface area contributed by atoms with Crippen molar-refractivity contribution in [3.8, 4) is 5.75 Å². The number of rotatable bonds is 2. The second-order valence-electron chi connectivity index (χ2n) is 6.47. The van der Waals surface area contributed by atoms with E-state index in [1.807, 2.05) is 29.2 Å². The van der Waals surface area contributed by atoms with Gasteiger partial charge in [0.2, 0.25) is 5.91 Å². The number of anilines is 1. The summed E-state index contributed by atoms with van der Waals surface area (Å²) in [4.78, 5) is 17.2. The lowest BCUT2D eigenvalue weighted by molar-refractivity contribution is -0.137. The first-order valence-electron chi connectivity index (χ1n) is 8.61. The SMILES string of the molecule is O=C(C1COc2ccccc2C1)N1CCN(c2ccccc2)CC1. The molecule has 4 heteroatoms. The molecule has 1 saturated heterocycles. The first-order valence-corrected chi connectivity index (χ1v) is 8.61. The van der Waals surface area contributed by atoms with Gasteiger partial charge in [-0.3, -0.25) is 4.79 Å². The molecule has 24 heavy (non-hydrogen) atoms. The summed E-state index contributed by atoms with van der Waals surface area (Å²) < 4.78 is 5.78. The quantitative estimate of drug-likeness (QED) is 0.852. The van der Waals surface area contributed by atoms with Crippen molar-refractivity contribution >= 4 is 11.6 Å². The van der Waals surface area contributed by atoms with Crippen molar-refractivity contribution in [3.05, 3.63) is 60.2 Å². The Morgan fingerprint density at radius 3 is 2.42 bits per heavy atom. The summed E-state index contributed by atoms with van der Waals surface area (Å²) in [6.07, 6.45) is 0.786. The van der Waals surface area contributed by atoms with Crippen LogP contribution in [0.4, 0.5) is 5.69 Å². The molecule has 2 aliphatic heterocycles. The van der Waals surface area contributed by atoms with Crippen molar-refractivity contribution in [1.82, 2.24) is 4.90 Å². The highest BCUT2D eigenvalue weighted by Gasteiger charge is 2.31. The number of hydrogen-bond donors (Lipinski definition) is 0. The first-order chi connectivity index (χ1) is 11.8. The number of carbonyl (C=O) groups excluding carboxylic acids is 1. The maximum atomic E-state index is 12.8. The molecule has 2 heterocycles. The minimum atomic E-state index is -0.0526. The van der Waals surface area contributed by atoms with Crippen molar-refractivity contribution < 1.29 is 9.53 Å². The molecule has 0 aromatic heterocycles. The van der Waals surface area contributed by atoms with E-state index in [4.69, 9.17) is 4.74 Å². The fourth-order valence-electron chi connectivity index (χ4n) is 3.57. The number of nitrogens with zero attached hydrogens (tertiary/aromatic N) is 2. The van der Waals surface area contributed by atoms with Crippen LogP contribution in [0.3, 0.4) is 0 Å². The largest absolute Gasteiger partial charge is 0.492 e. The molecule has 4 nitrogen and oxygen atoms in total. The standard InChI is InChI=1S/C20H22N2O2/c23-20(17-14-16-6-4-5-9-19(16)24-15-17)22-12-10-21(11-13-22)18-7-2-1-3-8-18/h1-9,17H,10-15H2. The zero-order valence-electron chi connectivity index (χ0n) is 13.7. The lowest BCUT2D eigenvalue weighted by Crippen LogP contribution is -2.51. The highest BCUT2D eigenvalue weighted by molar-refractivity contribution is 5.80. The molecule has 2 aromatic carbocycles. The van der Waals surface area contributed by atoms with E-state index in [-0.39, 0.29) is 11.8 Å². The maximum absolute atomic E-state index is 12.8. The molecule has 1 atom stereocenters. The molecule has 1 fully saturated rings. The number of piperazine rings is 1. The van der Waals surface area contributed by atoms with E-state index in [0.717, 1.165) is 43.9 Å². The summed E-state index contributed by atoms with van der Waals surface area (Å²) >= 11 is 0. The summed E-state index contributed by atoms with van der Waals surface area (Å²) in [6.45, 7) is 3.84. The van der Waals surface area contributed by atoms with Gasteiger partial charge in [0.05, 0.1) is 5.92 Å². The third-order valence-electron chi connectivity index (χ3n) is 4.94. The molecule has 124 valence electrons. The minimum Gasteiger partial charge on any atom is -0.492 e. The van der Waals surface area contributed by atoms with Gasteiger partial charge >= 0.3 is 0 Å². The van der Waals surface area contributed by atoms with Crippen LogP contribution in [0.15, 0.2) is 54.6 Å². The molecule has 0 bridgehead atoms. The zero-order valence-corrected chi connectivity index (χ0v) is 13.7. The van der Waals surface area contributed by atoms with Gasteiger partial charge < -0.3 is 14.5 Å². The molecule has 4 rings (SSSR count). The van der Waals surface area contributed by atoms with Crippen molar-refractivity contribution in [1.29, 1.82) is 0 Å². The van der Waals surface area contributed by atoms with Crippen molar-refractivity contribution in [2.75, 3.05) is 37.7 Å². The molecule has 0 N–H and O–H groups in total. The fraction of sp³-hybridized carbons (Fsp3) is 0.350. The Bertz CT molecular complexity index is 709. The number of carbonyl (C=O) groups is 1. The van der Waals surface area contributed by atoms with Crippen molar-refractivity contribution in [2.45, 2.75) is 6.42 Å². The van der Waals surface area contributed by atoms with E-state index >= 15 is 0 Å². The molecular formula is C20H22N2O2.